The fourth-order valence-corrected chi connectivity index (χ4v) is 1.68. The lowest BCUT2D eigenvalue weighted by molar-refractivity contribution is -0.133. The summed E-state index contributed by atoms with van der Waals surface area (Å²) in [5, 5.41) is 0. The molecule has 15 heavy (non-hydrogen) atoms. The van der Waals surface area contributed by atoms with E-state index in [1.54, 1.807) is 0 Å². The maximum Gasteiger partial charge on any atom is 0.222 e. The van der Waals surface area contributed by atoms with Gasteiger partial charge in [-0.1, -0.05) is 0 Å². The predicted molar refractivity (Wildman–Crippen MR) is 59.8 cm³/mol. The fourth-order valence-electron chi connectivity index (χ4n) is 1.68. The maximum absolute atomic E-state index is 11.7. The summed E-state index contributed by atoms with van der Waals surface area (Å²) in [6, 6.07) is 0. The third-order valence-electron chi connectivity index (χ3n) is 2.74. The van der Waals surface area contributed by atoms with Crippen molar-refractivity contribution in [3.63, 3.8) is 0 Å². The highest BCUT2D eigenvalue weighted by atomic mass is 16.5. The van der Waals surface area contributed by atoms with Crippen LogP contribution in [0.15, 0.2) is 0 Å². The largest absolute Gasteiger partial charge is 0.382 e. The zero-order valence-electron chi connectivity index (χ0n) is 9.87. The molecule has 1 fully saturated rings. The molecule has 88 valence electrons. The summed E-state index contributed by atoms with van der Waals surface area (Å²) in [5.41, 5.74) is 0. The molecule has 4 nitrogen and oxygen atoms in total. The van der Waals surface area contributed by atoms with Crippen LogP contribution >= 0.6 is 0 Å². The quantitative estimate of drug-likeness (QED) is 0.628. The maximum atomic E-state index is 11.7. The number of nitrogens with zero attached hydrogens (tertiary/aromatic N) is 2. The second-order valence-electron chi connectivity index (χ2n) is 3.98. The van der Waals surface area contributed by atoms with E-state index in [1.165, 1.54) is 0 Å². The molecule has 1 saturated heterocycles. The number of carbonyl (C=O) groups excluding carboxylic acids is 1. The van der Waals surface area contributed by atoms with Gasteiger partial charge in [-0.2, -0.15) is 0 Å². The number of carbonyl (C=O) groups is 1. The van der Waals surface area contributed by atoms with Crippen molar-refractivity contribution in [2.45, 2.75) is 19.8 Å². The Morgan fingerprint density at radius 2 is 1.93 bits per heavy atom. The molecule has 4 heteroatoms. The first-order valence-electron chi connectivity index (χ1n) is 5.78. The van der Waals surface area contributed by atoms with Crippen molar-refractivity contribution >= 4 is 5.91 Å². The van der Waals surface area contributed by atoms with E-state index in [0.717, 1.165) is 39.2 Å². The summed E-state index contributed by atoms with van der Waals surface area (Å²) in [6.45, 7) is 7.17. The van der Waals surface area contributed by atoms with Crippen molar-refractivity contribution in [2.75, 3.05) is 46.4 Å². The third-order valence-corrected chi connectivity index (χ3v) is 2.74. The molecule has 0 aliphatic carbocycles. The van der Waals surface area contributed by atoms with E-state index in [9.17, 15) is 4.79 Å². The first-order valence-corrected chi connectivity index (χ1v) is 5.78. The van der Waals surface area contributed by atoms with E-state index in [-0.39, 0.29) is 5.91 Å². The number of hydrogen-bond acceptors (Lipinski definition) is 3. The van der Waals surface area contributed by atoms with Gasteiger partial charge in [-0.3, -0.25) is 4.79 Å². The monoisotopic (exact) mass is 214 g/mol. The minimum Gasteiger partial charge on any atom is -0.382 e. The van der Waals surface area contributed by atoms with Crippen molar-refractivity contribution in [3.05, 3.63) is 0 Å². The van der Waals surface area contributed by atoms with Crippen LogP contribution in [-0.4, -0.2) is 62.1 Å². The van der Waals surface area contributed by atoms with Crippen LogP contribution in [0.2, 0.25) is 0 Å². The molecule has 0 saturated carbocycles. The molecule has 1 rings (SSSR count). The Hall–Kier alpha value is -0.610. The average molecular weight is 214 g/mol. The lowest BCUT2D eigenvalue weighted by Crippen LogP contribution is -2.47. The minimum atomic E-state index is 0.280. The number of hydrogen-bond donors (Lipinski definition) is 0. The van der Waals surface area contributed by atoms with Crippen LogP contribution in [0.1, 0.15) is 19.8 Å². The SMILES string of the molecule is CCOCCCC(=O)N1CCN(C)CC1. The van der Waals surface area contributed by atoms with Crippen molar-refractivity contribution in [1.29, 1.82) is 0 Å². The van der Waals surface area contributed by atoms with Gasteiger partial charge >= 0.3 is 0 Å². The van der Waals surface area contributed by atoms with E-state index >= 15 is 0 Å². The van der Waals surface area contributed by atoms with Crippen LogP contribution in [0.4, 0.5) is 0 Å². The highest BCUT2D eigenvalue weighted by Gasteiger charge is 2.17. The van der Waals surface area contributed by atoms with E-state index in [1.807, 2.05) is 11.8 Å². The number of ether oxygens (including phenoxy) is 1. The van der Waals surface area contributed by atoms with Gasteiger partial charge in [0.15, 0.2) is 0 Å². The smallest absolute Gasteiger partial charge is 0.222 e. The third kappa shape index (κ3) is 4.62. The van der Waals surface area contributed by atoms with E-state index in [4.69, 9.17) is 4.74 Å². The van der Waals surface area contributed by atoms with E-state index in [0.29, 0.717) is 13.0 Å². The van der Waals surface area contributed by atoms with Gasteiger partial charge in [0.25, 0.3) is 0 Å². The molecule has 0 N–H and O–H groups in total. The number of piperazine rings is 1. The van der Waals surface area contributed by atoms with Crippen LogP contribution in [-0.2, 0) is 9.53 Å². The minimum absolute atomic E-state index is 0.280. The Morgan fingerprint density at radius 1 is 1.27 bits per heavy atom. The predicted octanol–water partition coefficient (Wildman–Crippen LogP) is 0.577. The van der Waals surface area contributed by atoms with Crippen molar-refractivity contribution in [1.82, 2.24) is 9.80 Å². The zero-order valence-corrected chi connectivity index (χ0v) is 9.87. The van der Waals surface area contributed by atoms with Crippen LogP contribution < -0.4 is 0 Å². The number of amides is 1. The van der Waals surface area contributed by atoms with Gasteiger partial charge in [0.2, 0.25) is 5.91 Å². The van der Waals surface area contributed by atoms with Crippen molar-refractivity contribution in [2.24, 2.45) is 0 Å². The first kappa shape index (κ1) is 12.5. The Labute approximate surface area is 92.2 Å². The molecular weight excluding hydrogens is 192 g/mol. The summed E-state index contributed by atoms with van der Waals surface area (Å²) in [7, 11) is 2.09. The second-order valence-corrected chi connectivity index (χ2v) is 3.98. The van der Waals surface area contributed by atoms with Crippen molar-refractivity contribution in [3.8, 4) is 0 Å². The zero-order chi connectivity index (χ0) is 11.1. The standard InChI is InChI=1S/C11H22N2O2/c1-3-15-10-4-5-11(14)13-8-6-12(2)7-9-13/h3-10H2,1-2H3. The molecule has 0 atom stereocenters. The van der Waals surface area contributed by atoms with Gasteiger partial charge in [-0.05, 0) is 20.4 Å². The van der Waals surface area contributed by atoms with Crippen LogP contribution in [0.5, 0.6) is 0 Å². The Kier molecular flexibility index (Phi) is 5.65. The highest BCUT2D eigenvalue weighted by Crippen LogP contribution is 2.03. The van der Waals surface area contributed by atoms with Crippen LogP contribution in [0, 0.1) is 0 Å². The van der Waals surface area contributed by atoms with Gasteiger partial charge in [0.1, 0.15) is 0 Å². The average Bonchev–Trinajstić information content (AvgIpc) is 2.25. The molecule has 0 radical (unpaired) electrons. The summed E-state index contributed by atoms with van der Waals surface area (Å²) >= 11 is 0. The van der Waals surface area contributed by atoms with Gasteiger partial charge in [0.05, 0.1) is 0 Å². The molecular formula is C11H22N2O2. The summed E-state index contributed by atoms with van der Waals surface area (Å²) in [4.78, 5) is 15.9. The van der Waals surface area contributed by atoms with Gasteiger partial charge in [0, 0.05) is 45.8 Å². The Bertz CT molecular complexity index is 189. The highest BCUT2D eigenvalue weighted by molar-refractivity contribution is 5.76. The van der Waals surface area contributed by atoms with Crippen LogP contribution in [0.25, 0.3) is 0 Å². The molecule has 1 amide bonds. The normalized spacial score (nSPS) is 18.1. The van der Waals surface area contributed by atoms with Gasteiger partial charge in [-0.25, -0.2) is 0 Å². The summed E-state index contributed by atoms with van der Waals surface area (Å²) in [5.74, 6) is 0.280. The number of likely N-dealkylation sites (N-methyl/N-ethyl adjacent to an activating group) is 1. The molecule has 1 aliphatic heterocycles. The number of rotatable bonds is 5. The molecule has 0 unspecified atom stereocenters. The van der Waals surface area contributed by atoms with Gasteiger partial charge < -0.3 is 14.5 Å². The lowest BCUT2D eigenvalue weighted by Gasteiger charge is -2.32. The first-order chi connectivity index (χ1) is 7.24. The summed E-state index contributed by atoms with van der Waals surface area (Å²) in [6.07, 6.45) is 1.47. The van der Waals surface area contributed by atoms with Crippen molar-refractivity contribution < 1.29 is 9.53 Å². The Balaban J connectivity index is 2.11. The van der Waals surface area contributed by atoms with Gasteiger partial charge in [-0.15, -0.1) is 0 Å². The topological polar surface area (TPSA) is 32.8 Å². The molecule has 0 aromatic carbocycles. The Morgan fingerprint density at radius 3 is 2.53 bits per heavy atom. The van der Waals surface area contributed by atoms with Crippen LogP contribution in [0.3, 0.4) is 0 Å². The molecule has 0 bridgehead atoms. The van der Waals surface area contributed by atoms with E-state index < -0.39 is 0 Å². The molecule has 0 aromatic rings. The molecule has 1 aliphatic rings. The lowest BCUT2D eigenvalue weighted by atomic mass is 10.2. The summed E-state index contributed by atoms with van der Waals surface area (Å²) < 4.78 is 5.21. The fraction of sp³-hybridized carbons (Fsp3) is 0.909. The molecule has 1 heterocycles. The molecule has 0 aromatic heterocycles. The van der Waals surface area contributed by atoms with E-state index in [2.05, 4.69) is 11.9 Å². The molecule has 0 spiro atoms. The second kappa shape index (κ2) is 6.80.